The fraction of sp³-hybridized carbons (Fsp3) is 0.923. The Labute approximate surface area is 105 Å². The molecule has 4 nitrogen and oxygen atoms in total. The molecule has 0 aromatic heterocycles. The zero-order valence-electron chi connectivity index (χ0n) is 11.2. The molecule has 1 fully saturated rings. The van der Waals surface area contributed by atoms with E-state index in [0.717, 1.165) is 45.5 Å². The van der Waals surface area contributed by atoms with Crippen LogP contribution in [0.5, 0.6) is 0 Å². The van der Waals surface area contributed by atoms with Gasteiger partial charge in [0.1, 0.15) is 0 Å². The fourth-order valence-corrected chi connectivity index (χ4v) is 2.19. The van der Waals surface area contributed by atoms with Crippen molar-refractivity contribution in [2.75, 3.05) is 32.8 Å². The molecule has 1 N–H and O–H groups in total. The lowest BCUT2D eigenvalue weighted by atomic mass is 10.0. The Bertz CT molecular complexity index is 213. The summed E-state index contributed by atoms with van der Waals surface area (Å²) >= 11 is 0. The summed E-state index contributed by atoms with van der Waals surface area (Å²) in [5.41, 5.74) is 0. The van der Waals surface area contributed by atoms with Crippen LogP contribution in [0, 0.1) is 0 Å². The van der Waals surface area contributed by atoms with Crippen molar-refractivity contribution >= 4 is 5.91 Å². The second-order valence-electron chi connectivity index (χ2n) is 4.58. The molecule has 0 spiro atoms. The van der Waals surface area contributed by atoms with Crippen molar-refractivity contribution in [1.29, 1.82) is 0 Å². The zero-order valence-corrected chi connectivity index (χ0v) is 11.2. The number of carbonyl (C=O) groups excluding carboxylic acids is 1. The van der Waals surface area contributed by atoms with Crippen LogP contribution in [0.3, 0.4) is 0 Å². The molecule has 0 aromatic rings. The van der Waals surface area contributed by atoms with Crippen molar-refractivity contribution < 1.29 is 9.53 Å². The second-order valence-corrected chi connectivity index (χ2v) is 4.58. The van der Waals surface area contributed by atoms with Gasteiger partial charge < -0.3 is 15.0 Å². The number of carbonyl (C=O) groups is 1. The Hall–Kier alpha value is -0.610. The zero-order chi connectivity index (χ0) is 12.5. The van der Waals surface area contributed by atoms with Gasteiger partial charge in [0, 0.05) is 25.7 Å². The highest BCUT2D eigenvalue weighted by Crippen LogP contribution is 2.11. The van der Waals surface area contributed by atoms with E-state index < -0.39 is 0 Å². The van der Waals surface area contributed by atoms with Crippen LogP contribution in [0.15, 0.2) is 0 Å². The molecule has 0 saturated carbocycles. The average Bonchev–Trinajstić information content (AvgIpc) is 2.36. The van der Waals surface area contributed by atoms with Crippen molar-refractivity contribution in [3.8, 4) is 0 Å². The van der Waals surface area contributed by atoms with Gasteiger partial charge in [-0.25, -0.2) is 0 Å². The standard InChI is InChI=1S/C13H26N2O2/c1-3-10-17-11-7-13(16)15-8-5-12(6-9-15)14-4-2/h12,14H,3-11H2,1-2H3. The number of nitrogens with one attached hydrogen (secondary N) is 1. The number of ether oxygens (including phenoxy) is 1. The van der Waals surface area contributed by atoms with Gasteiger partial charge >= 0.3 is 0 Å². The minimum atomic E-state index is 0.246. The van der Waals surface area contributed by atoms with Gasteiger partial charge in [0.15, 0.2) is 0 Å². The maximum atomic E-state index is 11.9. The molecule has 4 heteroatoms. The van der Waals surface area contributed by atoms with E-state index >= 15 is 0 Å². The Morgan fingerprint density at radius 1 is 1.29 bits per heavy atom. The third kappa shape index (κ3) is 5.50. The van der Waals surface area contributed by atoms with Crippen LogP contribution < -0.4 is 5.32 Å². The van der Waals surface area contributed by atoms with Crippen LogP contribution >= 0.6 is 0 Å². The summed E-state index contributed by atoms with van der Waals surface area (Å²) in [6.07, 6.45) is 3.71. The summed E-state index contributed by atoms with van der Waals surface area (Å²) in [4.78, 5) is 13.8. The minimum absolute atomic E-state index is 0.246. The van der Waals surface area contributed by atoms with Crippen LogP contribution in [-0.2, 0) is 9.53 Å². The fourth-order valence-electron chi connectivity index (χ4n) is 2.19. The molecule has 1 saturated heterocycles. The third-order valence-electron chi connectivity index (χ3n) is 3.15. The first-order chi connectivity index (χ1) is 8.27. The summed E-state index contributed by atoms with van der Waals surface area (Å²) < 4.78 is 5.34. The molecule has 0 unspecified atom stereocenters. The molecule has 0 aromatic carbocycles. The molecule has 0 bridgehead atoms. The van der Waals surface area contributed by atoms with E-state index in [0.29, 0.717) is 19.1 Å². The lowest BCUT2D eigenvalue weighted by Gasteiger charge is -2.32. The van der Waals surface area contributed by atoms with Gasteiger partial charge in [-0.2, -0.15) is 0 Å². The predicted octanol–water partition coefficient (Wildman–Crippen LogP) is 1.40. The average molecular weight is 242 g/mol. The number of amides is 1. The molecular formula is C13H26N2O2. The molecule has 1 aliphatic rings. The topological polar surface area (TPSA) is 41.6 Å². The first-order valence-electron chi connectivity index (χ1n) is 6.86. The summed E-state index contributed by atoms with van der Waals surface area (Å²) in [6.45, 7) is 8.34. The smallest absolute Gasteiger partial charge is 0.224 e. The van der Waals surface area contributed by atoms with Gasteiger partial charge in [-0.15, -0.1) is 0 Å². The monoisotopic (exact) mass is 242 g/mol. The number of hydrogen-bond donors (Lipinski definition) is 1. The third-order valence-corrected chi connectivity index (χ3v) is 3.15. The highest BCUT2D eigenvalue weighted by molar-refractivity contribution is 5.76. The van der Waals surface area contributed by atoms with E-state index in [9.17, 15) is 4.79 Å². The maximum absolute atomic E-state index is 11.9. The van der Waals surface area contributed by atoms with E-state index in [2.05, 4.69) is 19.2 Å². The Kier molecular flexibility index (Phi) is 7.21. The van der Waals surface area contributed by atoms with Crippen molar-refractivity contribution in [3.05, 3.63) is 0 Å². The van der Waals surface area contributed by atoms with Gasteiger partial charge in [0.05, 0.1) is 13.0 Å². The maximum Gasteiger partial charge on any atom is 0.224 e. The Balaban J connectivity index is 2.12. The van der Waals surface area contributed by atoms with Crippen LogP contribution in [-0.4, -0.2) is 49.7 Å². The molecule has 17 heavy (non-hydrogen) atoms. The Morgan fingerprint density at radius 3 is 2.59 bits per heavy atom. The SMILES string of the molecule is CCCOCCC(=O)N1CCC(NCC)CC1. The second kappa shape index (κ2) is 8.48. The first-order valence-corrected chi connectivity index (χ1v) is 6.86. The van der Waals surface area contributed by atoms with E-state index in [-0.39, 0.29) is 5.91 Å². The summed E-state index contributed by atoms with van der Waals surface area (Å²) in [5.74, 6) is 0.246. The van der Waals surface area contributed by atoms with Gasteiger partial charge in [0.25, 0.3) is 0 Å². The van der Waals surface area contributed by atoms with Crippen LogP contribution in [0.4, 0.5) is 0 Å². The molecule has 1 amide bonds. The van der Waals surface area contributed by atoms with E-state index in [1.54, 1.807) is 0 Å². The van der Waals surface area contributed by atoms with Gasteiger partial charge in [-0.05, 0) is 25.8 Å². The molecule has 1 heterocycles. The number of rotatable bonds is 7. The van der Waals surface area contributed by atoms with Gasteiger partial charge in [0.2, 0.25) is 5.91 Å². The summed E-state index contributed by atoms with van der Waals surface area (Å²) in [5, 5.41) is 3.44. The normalized spacial score (nSPS) is 17.4. The molecular weight excluding hydrogens is 216 g/mol. The highest BCUT2D eigenvalue weighted by Gasteiger charge is 2.21. The van der Waals surface area contributed by atoms with Gasteiger partial charge in [-0.3, -0.25) is 4.79 Å². The highest BCUT2D eigenvalue weighted by atomic mass is 16.5. The van der Waals surface area contributed by atoms with Crippen LogP contribution in [0.25, 0.3) is 0 Å². The lowest BCUT2D eigenvalue weighted by Crippen LogP contribution is -2.45. The van der Waals surface area contributed by atoms with Crippen molar-refractivity contribution in [2.45, 2.75) is 45.6 Å². The molecule has 100 valence electrons. The van der Waals surface area contributed by atoms with E-state index in [4.69, 9.17) is 4.74 Å². The van der Waals surface area contributed by atoms with E-state index in [1.807, 2.05) is 4.90 Å². The molecule has 1 aliphatic heterocycles. The first kappa shape index (κ1) is 14.5. The van der Waals surface area contributed by atoms with Crippen molar-refractivity contribution in [1.82, 2.24) is 10.2 Å². The van der Waals surface area contributed by atoms with Crippen molar-refractivity contribution in [3.63, 3.8) is 0 Å². The number of nitrogens with zero attached hydrogens (tertiary/aromatic N) is 1. The molecule has 0 aliphatic carbocycles. The van der Waals surface area contributed by atoms with Crippen molar-refractivity contribution in [2.24, 2.45) is 0 Å². The van der Waals surface area contributed by atoms with Crippen LogP contribution in [0.2, 0.25) is 0 Å². The molecule has 1 rings (SSSR count). The minimum Gasteiger partial charge on any atom is -0.381 e. The summed E-state index contributed by atoms with van der Waals surface area (Å²) in [6, 6.07) is 0.598. The Morgan fingerprint density at radius 2 is 2.00 bits per heavy atom. The number of piperidine rings is 1. The predicted molar refractivity (Wildman–Crippen MR) is 69.0 cm³/mol. The largest absolute Gasteiger partial charge is 0.381 e. The number of hydrogen-bond acceptors (Lipinski definition) is 3. The van der Waals surface area contributed by atoms with Crippen LogP contribution in [0.1, 0.15) is 39.5 Å². The summed E-state index contributed by atoms with van der Waals surface area (Å²) in [7, 11) is 0. The molecule has 0 atom stereocenters. The quantitative estimate of drug-likeness (QED) is 0.686. The van der Waals surface area contributed by atoms with Gasteiger partial charge in [-0.1, -0.05) is 13.8 Å². The number of likely N-dealkylation sites (tertiary alicyclic amines) is 1. The van der Waals surface area contributed by atoms with E-state index in [1.165, 1.54) is 0 Å². The molecule has 0 radical (unpaired) electrons. The lowest BCUT2D eigenvalue weighted by molar-refractivity contribution is -0.133.